The zero-order chi connectivity index (χ0) is 17.6. The highest BCUT2D eigenvalue weighted by molar-refractivity contribution is 5.68. The molecule has 23 heavy (non-hydrogen) atoms. The number of carbonyl (C=O) groups excluding carboxylic acids is 1. The van der Waals surface area contributed by atoms with Crippen molar-refractivity contribution in [3.8, 4) is 0 Å². The third kappa shape index (κ3) is 7.04. The molecular formula is C19H32N2O2. The number of ether oxygens (including phenoxy) is 1. The molecule has 0 aliphatic carbocycles. The number of nitrogens with one attached hydrogen (secondary N) is 2. The van der Waals surface area contributed by atoms with Gasteiger partial charge in [-0.3, -0.25) is 0 Å². The van der Waals surface area contributed by atoms with Crippen LogP contribution in [0.2, 0.25) is 0 Å². The van der Waals surface area contributed by atoms with Gasteiger partial charge >= 0.3 is 6.09 Å². The summed E-state index contributed by atoms with van der Waals surface area (Å²) < 4.78 is 5.30. The number of alkyl carbamates (subject to hydrolysis) is 1. The van der Waals surface area contributed by atoms with Crippen molar-refractivity contribution in [1.29, 1.82) is 0 Å². The molecule has 0 aliphatic rings. The van der Waals surface area contributed by atoms with Crippen LogP contribution in [0.3, 0.4) is 0 Å². The number of amides is 1. The van der Waals surface area contributed by atoms with E-state index in [1.54, 1.807) is 0 Å². The maximum Gasteiger partial charge on any atom is 0.407 e. The molecule has 4 nitrogen and oxygen atoms in total. The zero-order valence-corrected chi connectivity index (χ0v) is 15.7. The fourth-order valence-electron chi connectivity index (χ4n) is 2.36. The number of hydrogen-bond donors (Lipinski definition) is 2. The lowest BCUT2D eigenvalue weighted by Crippen LogP contribution is -2.43. The Balaban J connectivity index is 2.49. The van der Waals surface area contributed by atoms with Crippen LogP contribution >= 0.6 is 0 Å². The monoisotopic (exact) mass is 320 g/mol. The molecule has 1 unspecified atom stereocenters. The van der Waals surface area contributed by atoms with Crippen LogP contribution in [-0.4, -0.2) is 24.3 Å². The second-order valence-electron chi connectivity index (χ2n) is 7.25. The molecule has 130 valence electrons. The summed E-state index contributed by atoms with van der Waals surface area (Å²) >= 11 is 0. The summed E-state index contributed by atoms with van der Waals surface area (Å²) in [5, 5.41) is 6.36. The average Bonchev–Trinajstić information content (AvgIpc) is 2.41. The Hall–Kier alpha value is -1.55. The van der Waals surface area contributed by atoms with Gasteiger partial charge in [0.05, 0.1) is 0 Å². The van der Waals surface area contributed by atoms with E-state index in [1.165, 1.54) is 22.3 Å². The third-order valence-electron chi connectivity index (χ3n) is 3.87. The van der Waals surface area contributed by atoms with Crippen molar-refractivity contribution in [2.24, 2.45) is 0 Å². The Morgan fingerprint density at radius 2 is 1.74 bits per heavy atom. The van der Waals surface area contributed by atoms with Gasteiger partial charge in [-0.2, -0.15) is 0 Å². The molecule has 1 rings (SSSR count). The predicted molar refractivity (Wildman–Crippen MR) is 95.8 cm³/mol. The topological polar surface area (TPSA) is 50.4 Å². The maximum atomic E-state index is 11.8. The summed E-state index contributed by atoms with van der Waals surface area (Å²) in [7, 11) is 0. The van der Waals surface area contributed by atoms with Gasteiger partial charge in [0.2, 0.25) is 0 Å². The first-order valence-corrected chi connectivity index (χ1v) is 8.39. The van der Waals surface area contributed by atoms with Gasteiger partial charge in [-0.15, -0.1) is 0 Å². The minimum atomic E-state index is -0.466. The van der Waals surface area contributed by atoms with Crippen LogP contribution in [0.4, 0.5) is 4.79 Å². The summed E-state index contributed by atoms with van der Waals surface area (Å²) in [5.41, 5.74) is 4.77. The van der Waals surface area contributed by atoms with E-state index in [4.69, 9.17) is 4.74 Å². The van der Waals surface area contributed by atoms with Gasteiger partial charge in [-0.1, -0.05) is 19.1 Å². The molecule has 0 bridgehead atoms. The maximum absolute atomic E-state index is 11.8. The van der Waals surface area contributed by atoms with E-state index in [9.17, 15) is 4.79 Å². The Bertz CT molecular complexity index is 533. The van der Waals surface area contributed by atoms with E-state index in [2.05, 4.69) is 50.5 Å². The first kappa shape index (κ1) is 19.5. The fraction of sp³-hybridized carbons (Fsp3) is 0.632. The van der Waals surface area contributed by atoms with Crippen LogP contribution < -0.4 is 10.6 Å². The predicted octanol–water partition coefficient (Wildman–Crippen LogP) is 4.00. The highest BCUT2D eigenvalue weighted by Gasteiger charge is 2.18. The zero-order valence-electron chi connectivity index (χ0n) is 15.7. The normalized spacial score (nSPS) is 12.8. The minimum Gasteiger partial charge on any atom is -0.444 e. The second-order valence-corrected chi connectivity index (χ2v) is 7.25. The lowest BCUT2D eigenvalue weighted by Gasteiger charge is -2.23. The molecule has 0 saturated carbocycles. The van der Waals surface area contributed by atoms with E-state index in [1.807, 2.05) is 20.8 Å². The molecule has 0 radical (unpaired) electrons. The molecule has 0 fully saturated rings. The Morgan fingerprint density at radius 3 is 2.30 bits per heavy atom. The Labute approximate surface area is 141 Å². The molecule has 1 amide bonds. The van der Waals surface area contributed by atoms with Gasteiger partial charge in [-0.05, 0) is 70.2 Å². The Morgan fingerprint density at radius 1 is 1.13 bits per heavy atom. The highest BCUT2D eigenvalue weighted by Crippen LogP contribution is 2.15. The van der Waals surface area contributed by atoms with E-state index >= 15 is 0 Å². The van der Waals surface area contributed by atoms with E-state index in [-0.39, 0.29) is 12.1 Å². The average molecular weight is 320 g/mol. The Kier molecular flexibility index (Phi) is 7.07. The fourth-order valence-corrected chi connectivity index (χ4v) is 2.36. The quantitative estimate of drug-likeness (QED) is 0.833. The number of aryl methyl sites for hydroxylation is 3. The van der Waals surface area contributed by atoms with Gasteiger partial charge < -0.3 is 15.4 Å². The third-order valence-corrected chi connectivity index (χ3v) is 3.87. The lowest BCUT2D eigenvalue weighted by atomic mass is 10.0. The minimum absolute atomic E-state index is 0.0664. The molecule has 0 heterocycles. The molecular weight excluding hydrogens is 288 g/mol. The molecule has 2 N–H and O–H groups in total. The van der Waals surface area contributed by atoms with Crippen LogP contribution in [0.25, 0.3) is 0 Å². The summed E-state index contributed by atoms with van der Waals surface area (Å²) in [5.74, 6) is 0. The van der Waals surface area contributed by atoms with Gasteiger partial charge in [0, 0.05) is 19.1 Å². The molecule has 0 aromatic heterocycles. The highest BCUT2D eigenvalue weighted by atomic mass is 16.6. The number of benzene rings is 1. The summed E-state index contributed by atoms with van der Waals surface area (Å²) in [6.07, 6.45) is 0.506. The molecule has 0 saturated heterocycles. The van der Waals surface area contributed by atoms with E-state index in [0.717, 1.165) is 19.5 Å². The molecule has 0 spiro atoms. The number of hydrogen-bond acceptors (Lipinski definition) is 3. The van der Waals surface area contributed by atoms with Crippen molar-refractivity contribution in [3.63, 3.8) is 0 Å². The van der Waals surface area contributed by atoms with Crippen LogP contribution in [0.5, 0.6) is 0 Å². The molecule has 1 aromatic rings. The first-order valence-electron chi connectivity index (χ1n) is 8.39. The molecule has 1 atom stereocenters. The van der Waals surface area contributed by atoms with Gasteiger partial charge in [0.1, 0.15) is 5.60 Å². The summed E-state index contributed by atoms with van der Waals surface area (Å²) in [6.45, 7) is 15.6. The van der Waals surface area contributed by atoms with Crippen molar-refractivity contribution >= 4 is 6.09 Å². The smallest absolute Gasteiger partial charge is 0.407 e. The van der Waals surface area contributed by atoms with E-state index in [0.29, 0.717) is 0 Å². The van der Waals surface area contributed by atoms with Gasteiger partial charge in [-0.25, -0.2) is 4.79 Å². The van der Waals surface area contributed by atoms with Crippen LogP contribution in [0.15, 0.2) is 12.1 Å². The number of carbonyl (C=O) groups is 1. The van der Waals surface area contributed by atoms with E-state index < -0.39 is 5.60 Å². The van der Waals surface area contributed by atoms with Crippen molar-refractivity contribution in [2.45, 2.75) is 73.1 Å². The van der Waals surface area contributed by atoms with Crippen molar-refractivity contribution < 1.29 is 9.53 Å². The number of rotatable bonds is 6. The first-order chi connectivity index (χ1) is 10.6. The SMILES string of the molecule is CCC(CNCc1cc(C)c(C)cc1C)NC(=O)OC(C)(C)C. The lowest BCUT2D eigenvalue weighted by molar-refractivity contribution is 0.0502. The molecule has 0 aliphatic heterocycles. The summed E-state index contributed by atoms with van der Waals surface area (Å²) in [4.78, 5) is 11.8. The molecule has 1 aromatic carbocycles. The standard InChI is InChI=1S/C19H32N2O2/c1-8-17(21-18(22)23-19(5,6)7)12-20-11-16-10-14(3)13(2)9-15(16)4/h9-10,17,20H,8,11-12H2,1-7H3,(H,21,22). The second kappa shape index (κ2) is 8.34. The van der Waals surface area contributed by atoms with Gasteiger partial charge in [0.15, 0.2) is 0 Å². The molecule has 4 heteroatoms. The summed E-state index contributed by atoms with van der Waals surface area (Å²) in [6, 6.07) is 4.53. The van der Waals surface area contributed by atoms with Crippen molar-refractivity contribution in [1.82, 2.24) is 10.6 Å². The largest absolute Gasteiger partial charge is 0.444 e. The van der Waals surface area contributed by atoms with Crippen molar-refractivity contribution in [3.05, 3.63) is 34.4 Å². The van der Waals surface area contributed by atoms with Crippen LogP contribution in [-0.2, 0) is 11.3 Å². The van der Waals surface area contributed by atoms with Crippen molar-refractivity contribution in [2.75, 3.05) is 6.54 Å². The van der Waals surface area contributed by atoms with Gasteiger partial charge in [0.25, 0.3) is 0 Å². The van der Waals surface area contributed by atoms with Crippen LogP contribution in [0.1, 0.15) is 56.4 Å². The van der Waals surface area contributed by atoms with Crippen LogP contribution in [0, 0.1) is 20.8 Å².